The summed E-state index contributed by atoms with van der Waals surface area (Å²) in [6, 6.07) is 1.91. The quantitative estimate of drug-likeness (QED) is 0.622. The molecular formula is C13H14ClNO3. The molecule has 0 heterocycles. The number of methoxy groups -OCH3 is 2. The molecule has 1 aliphatic carbocycles. The van der Waals surface area contributed by atoms with Crippen molar-refractivity contribution in [3.05, 3.63) is 22.2 Å². The third-order valence-corrected chi connectivity index (χ3v) is 3.60. The van der Waals surface area contributed by atoms with Crippen molar-refractivity contribution >= 4 is 17.7 Å². The van der Waals surface area contributed by atoms with Crippen molar-refractivity contribution < 1.29 is 14.3 Å². The van der Waals surface area contributed by atoms with Gasteiger partial charge in [-0.1, -0.05) is 11.6 Å². The van der Waals surface area contributed by atoms with Crippen molar-refractivity contribution in [3.8, 4) is 11.5 Å². The largest absolute Gasteiger partial charge is 0.495 e. The third-order valence-electron chi connectivity index (χ3n) is 3.26. The molecule has 0 aromatic heterocycles. The van der Waals surface area contributed by atoms with E-state index in [2.05, 4.69) is 4.99 Å². The molecule has 0 spiro atoms. The molecule has 2 rings (SSSR count). The highest BCUT2D eigenvalue weighted by Gasteiger charge is 2.47. The molecule has 0 N–H and O–H groups in total. The summed E-state index contributed by atoms with van der Waals surface area (Å²) in [4.78, 5) is 14.4. The van der Waals surface area contributed by atoms with Crippen molar-refractivity contribution in [1.29, 1.82) is 0 Å². The Bertz CT molecular complexity index is 532. The Morgan fingerprint density at radius 3 is 2.39 bits per heavy atom. The second-order valence-electron chi connectivity index (χ2n) is 4.36. The minimum Gasteiger partial charge on any atom is -0.495 e. The van der Waals surface area contributed by atoms with Crippen LogP contribution in [0.4, 0.5) is 0 Å². The van der Waals surface area contributed by atoms with Gasteiger partial charge < -0.3 is 9.47 Å². The van der Waals surface area contributed by atoms with E-state index in [0.717, 1.165) is 24.0 Å². The minimum atomic E-state index is -0.506. The maximum absolute atomic E-state index is 10.5. The Labute approximate surface area is 111 Å². The predicted molar refractivity (Wildman–Crippen MR) is 68.3 cm³/mol. The van der Waals surface area contributed by atoms with Crippen LogP contribution in [0.2, 0.25) is 5.02 Å². The number of aliphatic imine (C=N–C) groups is 1. The molecular weight excluding hydrogens is 254 g/mol. The van der Waals surface area contributed by atoms with Crippen LogP contribution in [-0.4, -0.2) is 20.3 Å². The van der Waals surface area contributed by atoms with Gasteiger partial charge in [0.25, 0.3) is 0 Å². The zero-order valence-electron chi connectivity index (χ0n) is 10.5. The van der Waals surface area contributed by atoms with Crippen molar-refractivity contribution in [1.82, 2.24) is 0 Å². The molecule has 18 heavy (non-hydrogen) atoms. The standard InChI is InChI=1S/C13H14ClNO3/c1-8-6-9(13(4-5-13)15-7-16)12(18-3)10(14)11(8)17-2/h6H,4-5H2,1-3H3. The van der Waals surface area contributed by atoms with E-state index >= 15 is 0 Å². The van der Waals surface area contributed by atoms with Crippen LogP contribution < -0.4 is 9.47 Å². The average molecular weight is 268 g/mol. The summed E-state index contributed by atoms with van der Waals surface area (Å²) in [6.07, 6.45) is 3.25. The maximum atomic E-state index is 10.5. The SMILES string of the molecule is COc1c(C)cc(C2(N=C=O)CC2)c(OC)c1Cl. The van der Waals surface area contributed by atoms with E-state index in [9.17, 15) is 4.79 Å². The molecule has 0 atom stereocenters. The van der Waals surface area contributed by atoms with E-state index in [1.165, 1.54) is 0 Å². The lowest BCUT2D eigenvalue weighted by molar-refractivity contribution is 0.386. The highest BCUT2D eigenvalue weighted by atomic mass is 35.5. The molecule has 1 saturated carbocycles. The molecule has 5 heteroatoms. The molecule has 0 aliphatic heterocycles. The first kappa shape index (κ1) is 12.9. The molecule has 0 unspecified atom stereocenters. The van der Waals surface area contributed by atoms with Crippen LogP contribution in [-0.2, 0) is 10.3 Å². The molecule has 0 bridgehead atoms. The first-order valence-corrected chi connectivity index (χ1v) is 5.98. The third kappa shape index (κ3) is 1.88. The van der Waals surface area contributed by atoms with Crippen LogP contribution in [0.25, 0.3) is 0 Å². The number of carbonyl (C=O) groups excluding carboxylic acids is 1. The van der Waals surface area contributed by atoms with E-state index in [1.807, 2.05) is 13.0 Å². The van der Waals surface area contributed by atoms with Gasteiger partial charge in [0.2, 0.25) is 6.08 Å². The number of aryl methyl sites for hydroxylation is 1. The van der Waals surface area contributed by atoms with E-state index in [1.54, 1.807) is 20.3 Å². The number of ether oxygens (including phenoxy) is 2. The Morgan fingerprint density at radius 1 is 1.33 bits per heavy atom. The number of halogens is 1. The fourth-order valence-corrected chi connectivity index (χ4v) is 2.59. The molecule has 4 nitrogen and oxygen atoms in total. The van der Waals surface area contributed by atoms with E-state index < -0.39 is 5.54 Å². The van der Waals surface area contributed by atoms with Gasteiger partial charge >= 0.3 is 0 Å². The molecule has 1 aromatic rings. The number of hydrogen-bond donors (Lipinski definition) is 0. The summed E-state index contributed by atoms with van der Waals surface area (Å²) in [5.41, 5.74) is 1.22. The van der Waals surface area contributed by atoms with Gasteiger partial charge in [0.1, 0.15) is 22.1 Å². The van der Waals surface area contributed by atoms with Crippen LogP contribution in [0.3, 0.4) is 0 Å². The molecule has 1 aromatic carbocycles. The first-order valence-electron chi connectivity index (χ1n) is 5.60. The van der Waals surface area contributed by atoms with Crippen molar-refractivity contribution in [2.45, 2.75) is 25.3 Å². The average Bonchev–Trinajstić information content (AvgIpc) is 3.10. The Kier molecular flexibility index (Phi) is 3.33. The topological polar surface area (TPSA) is 47.9 Å². The van der Waals surface area contributed by atoms with Gasteiger partial charge in [-0.25, -0.2) is 4.79 Å². The summed E-state index contributed by atoms with van der Waals surface area (Å²) in [5, 5.41) is 0.419. The summed E-state index contributed by atoms with van der Waals surface area (Å²) in [7, 11) is 3.10. The molecule has 1 aliphatic rings. The fraction of sp³-hybridized carbons (Fsp3) is 0.462. The summed E-state index contributed by atoms with van der Waals surface area (Å²) in [5.74, 6) is 1.11. The number of benzene rings is 1. The lowest BCUT2D eigenvalue weighted by atomic mass is 10.0. The van der Waals surface area contributed by atoms with Crippen molar-refractivity contribution in [2.75, 3.05) is 14.2 Å². The highest BCUT2D eigenvalue weighted by molar-refractivity contribution is 6.33. The van der Waals surface area contributed by atoms with Gasteiger partial charge in [0.15, 0.2) is 0 Å². The number of nitrogens with zero attached hydrogens (tertiary/aromatic N) is 1. The van der Waals surface area contributed by atoms with Crippen LogP contribution in [0, 0.1) is 6.92 Å². The van der Waals surface area contributed by atoms with E-state index in [0.29, 0.717) is 16.5 Å². The van der Waals surface area contributed by atoms with Crippen LogP contribution in [0.5, 0.6) is 11.5 Å². The summed E-state index contributed by atoms with van der Waals surface area (Å²) >= 11 is 6.26. The fourth-order valence-electron chi connectivity index (χ4n) is 2.19. The predicted octanol–water partition coefficient (Wildman–Crippen LogP) is 2.99. The normalized spacial score (nSPS) is 15.8. The van der Waals surface area contributed by atoms with Gasteiger partial charge in [-0.05, 0) is 31.4 Å². The second kappa shape index (κ2) is 4.63. The monoisotopic (exact) mass is 267 g/mol. The van der Waals surface area contributed by atoms with Gasteiger partial charge in [-0.15, -0.1) is 0 Å². The number of rotatable bonds is 4. The molecule has 0 saturated heterocycles. The van der Waals surface area contributed by atoms with Gasteiger partial charge in [-0.3, -0.25) is 0 Å². The summed E-state index contributed by atoms with van der Waals surface area (Å²) in [6.45, 7) is 1.90. The first-order chi connectivity index (χ1) is 8.59. The molecule has 96 valence electrons. The lowest BCUT2D eigenvalue weighted by Gasteiger charge is -2.18. The Morgan fingerprint density at radius 2 is 1.94 bits per heavy atom. The van der Waals surface area contributed by atoms with Crippen molar-refractivity contribution in [2.24, 2.45) is 4.99 Å². The van der Waals surface area contributed by atoms with Gasteiger partial charge in [-0.2, -0.15) is 4.99 Å². The van der Waals surface area contributed by atoms with Crippen molar-refractivity contribution in [3.63, 3.8) is 0 Å². The maximum Gasteiger partial charge on any atom is 0.235 e. The molecule has 1 fully saturated rings. The van der Waals surface area contributed by atoms with Gasteiger partial charge in [0.05, 0.1) is 14.2 Å². The Balaban J connectivity index is 2.65. The van der Waals surface area contributed by atoms with E-state index in [-0.39, 0.29) is 0 Å². The van der Waals surface area contributed by atoms with Crippen LogP contribution in [0.1, 0.15) is 24.0 Å². The van der Waals surface area contributed by atoms with Gasteiger partial charge in [0, 0.05) is 5.56 Å². The highest BCUT2D eigenvalue weighted by Crippen LogP contribution is 2.55. The number of hydrogen-bond acceptors (Lipinski definition) is 4. The molecule has 0 amide bonds. The second-order valence-corrected chi connectivity index (χ2v) is 4.73. The zero-order valence-corrected chi connectivity index (χ0v) is 11.3. The zero-order chi connectivity index (χ0) is 13.3. The summed E-state index contributed by atoms with van der Waals surface area (Å²) < 4.78 is 10.6. The Hall–Kier alpha value is -1.51. The van der Waals surface area contributed by atoms with E-state index in [4.69, 9.17) is 21.1 Å². The lowest BCUT2D eigenvalue weighted by Crippen LogP contribution is -2.07. The smallest absolute Gasteiger partial charge is 0.235 e. The minimum absolute atomic E-state index is 0.419. The van der Waals surface area contributed by atoms with Crippen LogP contribution in [0.15, 0.2) is 11.1 Å². The number of isocyanates is 1. The molecule has 0 radical (unpaired) electrons. The van der Waals surface area contributed by atoms with Crippen LogP contribution >= 0.6 is 11.6 Å².